The van der Waals surface area contributed by atoms with Gasteiger partial charge in [0, 0.05) is 0 Å². The van der Waals surface area contributed by atoms with E-state index in [-0.39, 0.29) is 41.9 Å². The number of hydrogen-bond acceptors (Lipinski definition) is 4. The number of fused-ring (bicyclic) bond motifs is 6. The molecule has 0 heterocycles. The highest BCUT2D eigenvalue weighted by Crippen LogP contribution is 2.58. The van der Waals surface area contributed by atoms with Crippen LogP contribution in [0.15, 0.2) is 36.4 Å². The third-order valence-corrected chi connectivity index (χ3v) is 13.5. The van der Waals surface area contributed by atoms with E-state index >= 15 is 0 Å². The lowest BCUT2D eigenvalue weighted by Gasteiger charge is -2.54. The minimum Gasteiger partial charge on any atom is -0.462 e. The van der Waals surface area contributed by atoms with Crippen LogP contribution in [0.5, 0.6) is 0 Å². The van der Waals surface area contributed by atoms with Crippen LogP contribution < -0.4 is 0 Å². The van der Waals surface area contributed by atoms with E-state index in [1.807, 2.05) is 0 Å². The van der Waals surface area contributed by atoms with Gasteiger partial charge >= 0.3 is 11.9 Å². The second kappa shape index (κ2) is 12.1. The zero-order chi connectivity index (χ0) is 33.1. The molecule has 2 aromatic carbocycles. The fourth-order valence-corrected chi connectivity index (χ4v) is 10.4. The van der Waals surface area contributed by atoms with Gasteiger partial charge in [0.2, 0.25) is 0 Å². The largest absolute Gasteiger partial charge is 0.462 e. The summed E-state index contributed by atoms with van der Waals surface area (Å²) in [6.45, 7) is 18.3. The first-order chi connectivity index (χ1) is 21.7. The molecule has 2 fully saturated rings. The quantitative estimate of drug-likeness (QED) is 0.227. The standard InChI is InChI=1S/C42H58O4/c1-27(2)29-11-15-34-31(24-29)10-14-33-26-39(5,20-21-40(33,34)6)37(43)45-22-23-46-38(44)42(8)19-9-18-41(7)35-16-12-30(28(3)4)25-32(35)13-17-36(41)42/h11-12,15-16,24-25,27-28,33,36H,9-10,13-14,17-23,26H2,1-8H3. The highest BCUT2D eigenvalue weighted by atomic mass is 16.6. The Bertz CT molecular complexity index is 1490. The lowest BCUT2D eigenvalue weighted by Crippen LogP contribution is -2.53. The number of aryl methyl sites for hydroxylation is 2. The normalized spacial score (nSPS) is 33.4. The number of ether oxygens (including phenoxy) is 2. The SMILES string of the molecule is CC(C)c1ccc2c(c1)CCC1CC(C)(C(=O)OCCOC(=O)C3(C)CCCC4(C)c5ccc(C(C)C)cc5CCC34)CCC21C. The van der Waals surface area contributed by atoms with Gasteiger partial charge in [-0.05, 0) is 140 Å². The molecule has 4 heteroatoms. The van der Waals surface area contributed by atoms with E-state index in [9.17, 15) is 9.59 Å². The van der Waals surface area contributed by atoms with E-state index in [2.05, 4.69) is 91.8 Å². The molecule has 4 aliphatic carbocycles. The van der Waals surface area contributed by atoms with Crippen LogP contribution in [0.4, 0.5) is 0 Å². The Labute approximate surface area is 278 Å². The fraction of sp³-hybridized carbons (Fsp3) is 0.667. The number of hydrogen-bond donors (Lipinski definition) is 0. The predicted octanol–water partition coefficient (Wildman–Crippen LogP) is 9.74. The van der Waals surface area contributed by atoms with Crippen molar-refractivity contribution < 1.29 is 19.1 Å². The van der Waals surface area contributed by atoms with Gasteiger partial charge in [-0.2, -0.15) is 0 Å². The van der Waals surface area contributed by atoms with Crippen LogP contribution >= 0.6 is 0 Å². The summed E-state index contributed by atoms with van der Waals surface area (Å²) in [5.41, 5.74) is 7.76. The summed E-state index contributed by atoms with van der Waals surface area (Å²) in [6.07, 6.45) is 9.87. The maximum atomic E-state index is 13.8. The molecule has 4 nitrogen and oxygen atoms in total. The lowest BCUT2D eigenvalue weighted by atomic mass is 9.49. The average molecular weight is 627 g/mol. The van der Waals surface area contributed by atoms with Gasteiger partial charge in [0.1, 0.15) is 13.2 Å². The van der Waals surface area contributed by atoms with Gasteiger partial charge in [0.05, 0.1) is 10.8 Å². The third kappa shape index (κ3) is 5.54. The van der Waals surface area contributed by atoms with Crippen LogP contribution in [0.1, 0.15) is 152 Å². The van der Waals surface area contributed by atoms with E-state index in [0.717, 1.165) is 64.2 Å². The number of carbonyl (C=O) groups excluding carboxylic acids is 2. The molecular weight excluding hydrogens is 568 g/mol. The molecule has 6 unspecified atom stereocenters. The first-order valence-electron chi connectivity index (χ1n) is 18.3. The maximum Gasteiger partial charge on any atom is 0.312 e. The van der Waals surface area contributed by atoms with Gasteiger partial charge in [-0.25, -0.2) is 0 Å². The Morgan fingerprint density at radius 1 is 0.717 bits per heavy atom. The molecule has 0 radical (unpaired) electrons. The van der Waals surface area contributed by atoms with Crippen molar-refractivity contribution in [3.63, 3.8) is 0 Å². The Hall–Kier alpha value is -2.62. The summed E-state index contributed by atoms with van der Waals surface area (Å²) in [5.74, 6) is 1.51. The number of rotatable bonds is 7. The smallest absolute Gasteiger partial charge is 0.312 e. The number of carbonyl (C=O) groups is 2. The molecule has 0 aliphatic heterocycles. The summed E-state index contributed by atoms with van der Waals surface area (Å²) in [4.78, 5) is 27.3. The van der Waals surface area contributed by atoms with Crippen LogP contribution in [0.25, 0.3) is 0 Å². The molecule has 0 amide bonds. The van der Waals surface area contributed by atoms with E-state index in [1.165, 1.54) is 33.4 Å². The van der Waals surface area contributed by atoms with Crippen molar-refractivity contribution in [1.29, 1.82) is 0 Å². The summed E-state index contributed by atoms with van der Waals surface area (Å²) in [7, 11) is 0. The molecule has 46 heavy (non-hydrogen) atoms. The molecule has 4 aliphatic rings. The van der Waals surface area contributed by atoms with Crippen LogP contribution in [0.2, 0.25) is 0 Å². The Balaban J connectivity index is 1.05. The maximum absolute atomic E-state index is 13.8. The van der Waals surface area contributed by atoms with E-state index < -0.39 is 10.8 Å². The molecule has 6 rings (SSSR count). The summed E-state index contributed by atoms with van der Waals surface area (Å²) < 4.78 is 11.8. The van der Waals surface area contributed by atoms with Crippen molar-refractivity contribution in [1.82, 2.24) is 0 Å². The van der Waals surface area contributed by atoms with E-state index in [0.29, 0.717) is 17.8 Å². The van der Waals surface area contributed by atoms with Crippen LogP contribution in [0.3, 0.4) is 0 Å². The van der Waals surface area contributed by atoms with Gasteiger partial charge in [-0.15, -0.1) is 0 Å². The molecule has 0 bridgehead atoms. The zero-order valence-electron chi connectivity index (χ0n) is 29.9. The zero-order valence-corrected chi connectivity index (χ0v) is 29.9. The van der Waals surface area contributed by atoms with Crippen molar-refractivity contribution >= 4 is 11.9 Å². The molecule has 0 aromatic heterocycles. The second-order valence-corrected chi connectivity index (χ2v) is 17.1. The van der Waals surface area contributed by atoms with Crippen LogP contribution in [0, 0.1) is 22.7 Å². The Morgan fingerprint density at radius 2 is 1.28 bits per heavy atom. The van der Waals surface area contributed by atoms with Gasteiger partial charge in [0.25, 0.3) is 0 Å². The third-order valence-electron chi connectivity index (χ3n) is 13.5. The van der Waals surface area contributed by atoms with E-state index in [4.69, 9.17) is 9.47 Å². The van der Waals surface area contributed by atoms with Gasteiger partial charge in [0.15, 0.2) is 0 Å². The minimum absolute atomic E-state index is 0.0258. The fourth-order valence-electron chi connectivity index (χ4n) is 10.4. The van der Waals surface area contributed by atoms with Gasteiger partial charge < -0.3 is 9.47 Å². The molecular formula is C42H58O4. The molecule has 250 valence electrons. The number of benzene rings is 2. The molecule has 2 saturated carbocycles. The molecule has 0 N–H and O–H groups in total. The monoisotopic (exact) mass is 626 g/mol. The summed E-state index contributed by atoms with van der Waals surface area (Å²) in [5, 5.41) is 0. The van der Waals surface area contributed by atoms with Crippen LogP contribution in [-0.2, 0) is 42.7 Å². The highest BCUT2D eigenvalue weighted by Gasteiger charge is 2.56. The topological polar surface area (TPSA) is 52.6 Å². The highest BCUT2D eigenvalue weighted by molar-refractivity contribution is 5.78. The van der Waals surface area contributed by atoms with Gasteiger partial charge in [-0.1, -0.05) is 84.4 Å². The lowest BCUT2D eigenvalue weighted by molar-refractivity contribution is -0.171. The molecule has 2 aromatic rings. The average Bonchev–Trinajstić information content (AvgIpc) is 3.02. The minimum atomic E-state index is -0.529. The number of esters is 2. The van der Waals surface area contributed by atoms with Crippen molar-refractivity contribution in [3.05, 3.63) is 69.8 Å². The van der Waals surface area contributed by atoms with E-state index in [1.54, 1.807) is 0 Å². The summed E-state index contributed by atoms with van der Waals surface area (Å²) >= 11 is 0. The predicted molar refractivity (Wildman–Crippen MR) is 185 cm³/mol. The van der Waals surface area contributed by atoms with Crippen molar-refractivity contribution in [2.75, 3.05) is 13.2 Å². The molecule has 6 atom stereocenters. The van der Waals surface area contributed by atoms with Crippen molar-refractivity contribution in [2.24, 2.45) is 22.7 Å². The van der Waals surface area contributed by atoms with Crippen molar-refractivity contribution in [3.8, 4) is 0 Å². The van der Waals surface area contributed by atoms with Crippen LogP contribution in [-0.4, -0.2) is 25.2 Å². The first kappa shape index (κ1) is 33.3. The second-order valence-electron chi connectivity index (χ2n) is 17.1. The van der Waals surface area contributed by atoms with Crippen molar-refractivity contribution in [2.45, 2.75) is 142 Å². The Kier molecular flexibility index (Phi) is 8.77. The molecule has 0 saturated heterocycles. The first-order valence-corrected chi connectivity index (χ1v) is 18.3. The Morgan fingerprint density at radius 3 is 1.89 bits per heavy atom. The van der Waals surface area contributed by atoms with Gasteiger partial charge in [-0.3, -0.25) is 9.59 Å². The summed E-state index contributed by atoms with van der Waals surface area (Å²) in [6, 6.07) is 14.1. The molecule has 0 spiro atoms.